The number of hydrogen-bond acceptors (Lipinski definition) is 2. The Labute approximate surface area is 134 Å². The molecule has 4 heteroatoms. The highest BCUT2D eigenvalue weighted by Gasteiger charge is 2.15. The van der Waals surface area contributed by atoms with E-state index in [1.165, 1.54) is 51.4 Å². The Morgan fingerprint density at radius 2 is 1.27 bits per heavy atom. The van der Waals surface area contributed by atoms with Gasteiger partial charge in [0.25, 0.3) is 5.91 Å². The Kier molecular flexibility index (Phi) is 12.2. The second-order valence-electron chi connectivity index (χ2n) is 5.70. The molecule has 0 aromatic carbocycles. The largest absolute Gasteiger partial charge is 0.478 e. The zero-order chi connectivity index (χ0) is 16.8. The van der Waals surface area contributed by atoms with E-state index < -0.39 is 11.9 Å². The zero-order valence-corrected chi connectivity index (χ0v) is 14.0. The van der Waals surface area contributed by atoms with Gasteiger partial charge in [0.2, 0.25) is 0 Å². The maximum atomic E-state index is 11.6. The Bertz CT molecular complexity index is 375. The third-order valence-corrected chi connectivity index (χ3v) is 3.71. The van der Waals surface area contributed by atoms with Crippen molar-refractivity contribution in [1.82, 2.24) is 5.32 Å². The van der Waals surface area contributed by atoms with Gasteiger partial charge in [-0.15, -0.1) is 0 Å². The molecule has 2 N–H and O–H groups in total. The fourth-order valence-electron chi connectivity index (χ4n) is 2.19. The lowest BCUT2D eigenvalue weighted by atomic mass is 10.1. The molecule has 0 aliphatic heterocycles. The molecule has 0 bridgehead atoms. The molecular weight excluding hydrogens is 278 g/mol. The van der Waals surface area contributed by atoms with E-state index in [-0.39, 0.29) is 11.1 Å². The van der Waals surface area contributed by atoms with Gasteiger partial charge in [0, 0.05) is 12.1 Å². The third kappa shape index (κ3) is 10.2. The molecule has 0 rings (SSSR count). The number of aliphatic carboxylic acids is 1. The highest BCUT2D eigenvalue weighted by Crippen LogP contribution is 2.10. The molecule has 0 aromatic rings. The molecule has 0 aliphatic carbocycles. The van der Waals surface area contributed by atoms with Crippen LogP contribution < -0.4 is 5.32 Å². The van der Waals surface area contributed by atoms with Crippen molar-refractivity contribution in [3.63, 3.8) is 0 Å². The Morgan fingerprint density at radius 3 is 1.73 bits per heavy atom. The first-order valence-corrected chi connectivity index (χ1v) is 8.40. The lowest BCUT2D eigenvalue weighted by molar-refractivity contribution is -0.133. The fourth-order valence-corrected chi connectivity index (χ4v) is 2.19. The number of rotatable bonds is 14. The minimum absolute atomic E-state index is 0.0698. The van der Waals surface area contributed by atoms with E-state index in [4.69, 9.17) is 5.11 Å². The second kappa shape index (κ2) is 13.1. The van der Waals surface area contributed by atoms with Crippen LogP contribution in [0.4, 0.5) is 0 Å². The molecular formula is C18H31NO3. The highest BCUT2D eigenvalue weighted by molar-refractivity contribution is 6.07. The lowest BCUT2D eigenvalue weighted by Crippen LogP contribution is -2.27. The molecule has 0 atom stereocenters. The summed E-state index contributed by atoms with van der Waals surface area (Å²) in [6.45, 7) is 9.56. The van der Waals surface area contributed by atoms with Gasteiger partial charge in [-0.25, -0.2) is 4.79 Å². The Hall–Kier alpha value is -1.58. The van der Waals surface area contributed by atoms with Crippen LogP contribution in [0.1, 0.15) is 71.1 Å². The summed E-state index contributed by atoms with van der Waals surface area (Å²) in [5.74, 6) is -1.65. The SMILES string of the molecule is C=C(C(=C)C(=O)NCCCCCCCCCCCC)C(=O)O. The van der Waals surface area contributed by atoms with Crippen molar-refractivity contribution < 1.29 is 14.7 Å². The predicted molar refractivity (Wildman–Crippen MR) is 90.8 cm³/mol. The molecule has 0 aliphatic rings. The van der Waals surface area contributed by atoms with E-state index in [2.05, 4.69) is 25.4 Å². The maximum absolute atomic E-state index is 11.6. The van der Waals surface area contributed by atoms with Crippen LogP contribution in [-0.4, -0.2) is 23.5 Å². The second-order valence-corrected chi connectivity index (χ2v) is 5.70. The van der Waals surface area contributed by atoms with Crippen molar-refractivity contribution in [3.05, 3.63) is 24.3 Å². The molecule has 0 aromatic heterocycles. The van der Waals surface area contributed by atoms with Gasteiger partial charge in [0.15, 0.2) is 0 Å². The van der Waals surface area contributed by atoms with Gasteiger partial charge >= 0.3 is 5.97 Å². The number of carboxylic acids is 1. The van der Waals surface area contributed by atoms with E-state index in [1.54, 1.807) is 0 Å². The third-order valence-electron chi connectivity index (χ3n) is 3.71. The van der Waals surface area contributed by atoms with Crippen LogP contribution in [0.5, 0.6) is 0 Å². The first-order valence-electron chi connectivity index (χ1n) is 8.40. The number of unbranched alkanes of at least 4 members (excludes halogenated alkanes) is 9. The summed E-state index contributed by atoms with van der Waals surface area (Å²) < 4.78 is 0. The molecule has 0 fully saturated rings. The first-order chi connectivity index (χ1) is 10.5. The highest BCUT2D eigenvalue weighted by atomic mass is 16.4. The van der Waals surface area contributed by atoms with E-state index >= 15 is 0 Å². The molecule has 0 heterocycles. The van der Waals surface area contributed by atoms with Gasteiger partial charge in [-0.1, -0.05) is 77.9 Å². The number of amides is 1. The number of carbonyl (C=O) groups excluding carboxylic acids is 1. The van der Waals surface area contributed by atoms with Gasteiger partial charge in [-0.3, -0.25) is 4.79 Å². The summed E-state index contributed by atoms with van der Waals surface area (Å²) in [7, 11) is 0. The number of carbonyl (C=O) groups is 2. The summed E-state index contributed by atoms with van der Waals surface area (Å²) in [6.07, 6.45) is 12.4. The zero-order valence-electron chi connectivity index (χ0n) is 14.0. The van der Waals surface area contributed by atoms with E-state index in [0.717, 1.165) is 12.8 Å². The van der Waals surface area contributed by atoms with E-state index in [0.29, 0.717) is 6.54 Å². The molecule has 1 amide bonds. The molecule has 22 heavy (non-hydrogen) atoms. The van der Waals surface area contributed by atoms with E-state index in [1.807, 2.05) is 0 Å². The number of carboxylic acid groups (broad SMARTS) is 1. The smallest absolute Gasteiger partial charge is 0.335 e. The quantitative estimate of drug-likeness (QED) is 0.287. The topological polar surface area (TPSA) is 66.4 Å². The molecule has 4 nitrogen and oxygen atoms in total. The monoisotopic (exact) mass is 309 g/mol. The van der Waals surface area contributed by atoms with Gasteiger partial charge in [0.1, 0.15) is 0 Å². The van der Waals surface area contributed by atoms with Crippen molar-refractivity contribution in [3.8, 4) is 0 Å². The Morgan fingerprint density at radius 1 is 0.818 bits per heavy atom. The molecule has 0 saturated carbocycles. The molecule has 126 valence electrons. The maximum Gasteiger partial charge on any atom is 0.335 e. The van der Waals surface area contributed by atoms with Gasteiger partial charge in [-0.05, 0) is 6.42 Å². The van der Waals surface area contributed by atoms with Crippen LogP contribution >= 0.6 is 0 Å². The summed E-state index contributed by atoms with van der Waals surface area (Å²) in [6, 6.07) is 0. The summed E-state index contributed by atoms with van der Waals surface area (Å²) in [5.41, 5.74) is -0.319. The molecule has 0 unspecified atom stereocenters. The van der Waals surface area contributed by atoms with Crippen LogP contribution in [-0.2, 0) is 9.59 Å². The number of hydrogen-bond donors (Lipinski definition) is 2. The first kappa shape index (κ1) is 20.4. The standard InChI is InChI=1S/C18H31NO3/c1-4-5-6-7-8-9-10-11-12-13-14-19-17(20)15(2)16(3)18(21)22/h2-14H2,1H3,(H,19,20)(H,21,22). The van der Waals surface area contributed by atoms with Gasteiger partial charge < -0.3 is 10.4 Å². The lowest BCUT2D eigenvalue weighted by Gasteiger charge is -2.07. The molecule has 0 spiro atoms. The molecule has 0 saturated heterocycles. The van der Waals surface area contributed by atoms with Crippen molar-refractivity contribution in [1.29, 1.82) is 0 Å². The molecule has 0 radical (unpaired) electrons. The minimum atomic E-state index is -1.21. The number of nitrogens with one attached hydrogen (secondary N) is 1. The fraction of sp³-hybridized carbons (Fsp3) is 0.667. The predicted octanol–water partition coefficient (Wildman–Crippen LogP) is 4.22. The van der Waals surface area contributed by atoms with Gasteiger partial charge in [0.05, 0.1) is 5.57 Å². The summed E-state index contributed by atoms with van der Waals surface area (Å²) >= 11 is 0. The van der Waals surface area contributed by atoms with Crippen molar-refractivity contribution in [2.24, 2.45) is 0 Å². The van der Waals surface area contributed by atoms with Crippen molar-refractivity contribution >= 4 is 11.9 Å². The minimum Gasteiger partial charge on any atom is -0.478 e. The normalized spacial score (nSPS) is 10.2. The average Bonchev–Trinajstić information content (AvgIpc) is 2.50. The van der Waals surface area contributed by atoms with Crippen molar-refractivity contribution in [2.75, 3.05) is 6.54 Å². The van der Waals surface area contributed by atoms with Gasteiger partial charge in [-0.2, -0.15) is 0 Å². The van der Waals surface area contributed by atoms with E-state index in [9.17, 15) is 9.59 Å². The summed E-state index contributed by atoms with van der Waals surface area (Å²) in [4.78, 5) is 22.3. The van der Waals surface area contributed by atoms with Crippen molar-refractivity contribution in [2.45, 2.75) is 71.1 Å². The average molecular weight is 309 g/mol. The van der Waals surface area contributed by atoms with Crippen LogP contribution in [0, 0.1) is 0 Å². The summed E-state index contributed by atoms with van der Waals surface area (Å²) in [5, 5.41) is 11.4. The van der Waals surface area contributed by atoms with Crippen LogP contribution in [0.2, 0.25) is 0 Å². The van der Waals surface area contributed by atoms with Crippen LogP contribution in [0.25, 0.3) is 0 Å². The van der Waals surface area contributed by atoms with Crippen LogP contribution in [0.3, 0.4) is 0 Å². The van der Waals surface area contributed by atoms with Crippen LogP contribution in [0.15, 0.2) is 24.3 Å². The Balaban J connectivity index is 3.46.